The maximum absolute atomic E-state index is 10.9. The average Bonchev–Trinajstić information content (AvgIpc) is 2.35. The Morgan fingerprint density at radius 1 is 1.56 bits per heavy atom. The maximum Gasteiger partial charge on any atom is 0.166 e. The Bertz CT molecular complexity index is 147. The second-order valence-corrected chi connectivity index (χ2v) is 2.46. The number of hydrogen-bond donors (Lipinski definition) is 3. The van der Waals surface area contributed by atoms with E-state index in [1.165, 1.54) is 0 Å². The molecule has 0 amide bonds. The van der Waals surface area contributed by atoms with Crippen molar-refractivity contribution in [2.45, 2.75) is 12.1 Å². The highest BCUT2D eigenvalue weighted by Crippen LogP contribution is 2.05. The second-order valence-electron chi connectivity index (χ2n) is 2.46. The minimum absolute atomic E-state index is 0.0324. The summed E-state index contributed by atoms with van der Waals surface area (Å²) in [5.41, 5.74) is 5.83. The second kappa shape index (κ2) is 1.76. The van der Waals surface area contributed by atoms with Gasteiger partial charge in [-0.05, 0) is 0 Å². The molecule has 0 spiro atoms. The summed E-state index contributed by atoms with van der Waals surface area (Å²) in [5, 5.41) is 3.09. The molecule has 0 aromatic heterocycles. The van der Waals surface area contributed by atoms with E-state index in [1.54, 1.807) is 0 Å². The van der Waals surface area contributed by atoms with Crippen LogP contribution in [0.15, 0.2) is 0 Å². The van der Waals surface area contributed by atoms with E-state index in [0.29, 0.717) is 12.6 Å². The summed E-state index contributed by atoms with van der Waals surface area (Å²) in [5.74, 6) is 0.269. The summed E-state index contributed by atoms with van der Waals surface area (Å²) in [4.78, 5) is 10.9. The number of nitrogens with one attached hydrogen (secondary N) is 3. The normalized spacial score (nSPS) is 41.6. The summed E-state index contributed by atoms with van der Waals surface area (Å²) in [6.07, 6.45) is 0. The van der Waals surface area contributed by atoms with E-state index in [1.807, 2.05) is 0 Å². The Balaban J connectivity index is 2.15. The van der Waals surface area contributed by atoms with Gasteiger partial charge < -0.3 is 5.32 Å². The van der Waals surface area contributed by atoms with E-state index in [4.69, 9.17) is 0 Å². The van der Waals surface area contributed by atoms with Crippen LogP contribution in [0.25, 0.3) is 0 Å². The first-order valence-corrected chi connectivity index (χ1v) is 3.12. The van der Waals surface area contributed by atoms with Crippen LogP contribution in [-0.2, 0) is 4.79 Å². The van der Waals surface area contributed by atoms with Crippen LogP contribution in [0, 0.1) is 0 Å². The number of fused-ring (bicyclic) bond motifs is 1. The molecule has 0 unspecified atom stereocenters. The third-order valence-electron chi connectivity index (χ3n) is 1.87. The Kier molecular flexibility index (Phi) is 1.05. The maximum atomic E-state index is 10.9. The number of carbonyl (C=O) groups excluding carboxylic acids is 1. The number of Topliss-reactive ketones (excluding diaryl/α,β-unsaturated/α-hetero) is 1. The number of hydrogen-bond acceptors (Lipinski definition) is 4. The van der Waals surface area contributed by atoms with E-state index in [0.717, 1.165) is 6.54 Å². The predicted octanol–water partition coefficient (Wildman–Crippen LogP) is -2.00. The van der Waals surface area contributed by atoms with Gasteiger partial charge in [0.1, 0.15) is 0 Å². The van der Waals surface area contributed by atoms with Crippen molar-refractivity contribution in [2.75, 3.05) is 13.1 Å². The van der Waals surface area contributed by atoms with Crippen LogP contribution >= 0.6 is 0 Å². The van der Waals surface area contributed by atoms with Crippen molar-refractivity contribution in [1.82, 2.24) is 16.2 Å². The molecule has 2 heterocycles. The number of carbonyl (C=O) groups is 1. The topological polar surface area (TPSA) is 53.2 Å². The van der Waals surface area contributed by atoms with E-state index in [9.17, 15) is 4.79 Å². The highest BCUT2D eigenvalue weighted by Gasteiger charge is 2.37. The van der Waals surface area contributed by atoms with E-state index < -0.39 is 0 Å². The summed E-state index contributed by atoms with van der Waals surface area (Å²) in [7, 11) is 0. The van der Waals surface area contributed by atoms with Crippen molar-refractivity contribution in [3.8, 4) is 0 Å². The minimum Gasteiger partial charge on any atom is -0.304 e. The van der Waals surface area contributed by atoms with Crippen molar-refractivity contribution in [3.05, 3.63) is 0 Å². The molecule has 2 atom stereocenters. The Hall–Kier alpha value is -0.450. The average molecular weight is 127 g/mol. The first kappa shape index (κ1) is 5.34. The van der Waals surface area contributed by atoms with Gasteiger partial charge >= 0.3 is 0 Å². The van der Waals surface area contributed by atoms with Crippen molar-refractivity contribution >= 4 is 5.78 Å². The zero-order chi connectivity index (χ0) is 6.27. The van der Waals surface area contributed by atoms with Gasteiger partial charge in [-0.3, -0.25) is 10.2 Å². The monoisotopic (exact) mass is 127 g/mol. The molecule has 2 aliphatic rings. The minimum atomic E-state index is 0.0324. The van der Waals surface area contributed by atoms with Crippen LogP contribution in [0.5, 0.6) is 0 Å². The SMILES string of the molecule is O=C1CN[C@H]2CNN[C@@H]12. The molecule has 2 saturated heterocycles. The molecule has 2 fully saturated rings. The molecule has 2 aliphatic heterocycles. The van der Waals surface area contributed by atoms with Gasteiger partial charge in [0.2, 0.25) is 0 Å². The van der Waals surface area contributed by atoms with Crippen molar-refractivity contribution < 1.29 is 4.79 Å². The van der Waals surface area contributed by atoms with Gasteiger partial charge in [0, 0.05) is 12.6 Å². The third kappa shape index (κ3) is 0.676. The lowest BCUT2D eigenvalue weighted by molar-refractivity contribution is -0.118. The van der Waals surface area contributed by atoms with Gasteiger partial charge in [-0.15, -0.1) is 0 Å². The van der Waals surface area contributed by atoms with Crippen LogP contribution in [0.3, 0.4) is 0 Å². The molecule has 3 N–H and O–H groups in total. The number of hydrazine groups is 1. The Morgan fingerprint density at radius 2 is 2.44 bits per heavy atom. The highest BCUT2D eigenvalue weighted by atomic mass is 16.1. The molecule has 4 nitrogen and oxygen atoms in total. The fraction of sp³-hybridized carbons (Fsp3) is 0.800. The summed E-state index contributed by atoms with van der Waals surface area (Å²) < 4.78 is 0. The van der Waals surface area contributed by atoms with Crippen molar-refractivity contribution in [3.63, 3.8) is 0 Å². The molecule has 0 radical (unpaired) electrons. The van der Waals surface area contributed by atoms with Crippen LogP contribution in [0.1, 0.15) is 0 Å². The molecular formula is C5H9N3O. The first-order valence-electron chi connectivity index (χ1n) is 3.12. The Morgan fingerprint density at radius 3 is 3.22 bits per heavy atom. The highest BCUT2D eigenvalue weighted by molar-refractivity contribution is 5.89. The molecule has 0 saturated carbocycles. The lowest BCUT2D eigenvalue weighted by Gasteiger charge is -2.02. The number of rotatable bonds is 0. The third-order valence-corrected chi connectivity index (χ3v) is 1.87. The molecule has 0 aromatic rings. The summed E-state index contributed by atoms with van der Waals surface area (Å²) >= 11 is 0. The first-order chi connectivity index (χ1) is 4.38. The van der Waals surface area contributed by atoms with Crippen LogP contribution in [0.2, 0.25) is 0 Å². The fourth-order valence-corrected chi connectivity index (χ4v) is 1.33. The van der Waals surface area contributed by atoms with Crippen LogP contribution in [0.4, 0.5) is 0 Å². The molecule has 0 bridgehead atoms. The van der Waals surface area contributed by atoms with Gasteiger partial charge in [0.15, 0.2) is 5.78 Å². The van der Waals surface area contributed by atoms with E-state index in [2.05, 4.69) is 16.2 Å². The van der Waals surface area contributed by atoms with Crippen molar-refractivity contribution in [1.29, 1.82) is 0 Å². The molecule has 4 heteroatoms. The van der Waals surface area contributed by atoms with Gasteiger partial charge in [0.25, 0.3) is 0 Å². The van der Waals surface area contributed by atoms with Crippen LogP contribution < -0.4 is 16.2 Å². The molecule has 0 aliphatic carbocycles. The molecule has 0 aromatic carbocycles. The molecule has 50 valence electrons. The van der Waals surface area contributed by atoms with Gasteiger partial charge in [-0.1, -0.05) is 0 Å². The molecule has 9 heavy (non-hydrogen) atoms. The smallest absolute Gasteiger partial charge is 0.166 e. The van der Waals surface area contributed by atoms with E-state index >= 15 is 0 Å². The quantitative estimate of drug-likeness (QED) is 0.352. The fourth-order valence-electron chi connectivity index (χ4n) is 1.33. The van der Waals surface area contributed by atoms with Crippen LogP contribution in [-0.4, -0.2) is 31.0 Å². The zero-order valence-corrected chi connectivity index (χ0v) is 4.98. The summed E-state index contributed by atoms with van der Waals surface area (Å²) in [6.45, 7) is 1.39. The summed E-state index contributed by atoms with van der Waals surface area (Å²) in [6, 6.07) is 0.363. The zero-order valence-electron chi connectivity index (χ0n) is 4.98. The Labute approximate surface area is 53.0 Å². The van der Waals surface area contributed by atoms with Gasteiger partial charge in [-0.2, -0.15) is 0 Å². The van der Waals surface area contributed by atoms with Crippen molar-refractivity contribution in [2.24, 2.45) is 0 Å². The van der Waals surface area contributed by atoms with E-state index in [-0.39, 0.29) is 11.8 Å². The molecule has 2 rings (SSSR count). The van der Waals surface area contributed by atoms with Gasteiger partial charge in [-0.25, -0.2) is 5.43 Å². The van der Waals surface area contributed by atoms with Gasteiger partial charge in [0.05, 0.1) is 12.6 Å². The predicted molar refractivity (Wildman–Crippen MR) is 31.7 cm³/mol. The number of ketones is 1. The lowest BCUT2D eigenvalue weighted by atomic mass is 10.1. The standard InChI is InChI=1S/C5H9N3O/c9-4-2-6-3-1-7-8-5(3)4/h3,5-8H,1-2H2/t3-,5+/m0/s1. The lowest BCUT2D eigenvalue weighted by Crippen LogP contribution is -2.36. The largest absolute Gasteiger partial charge is 0.304 e. The molecular weight excluding hydrogens is 118 g/mol.